The highest BCUT2D eigenvalue weighted by Gasteiger charge is 2.32. The molecule has 3 aromatic carbocycles. The van der Waals surface area contributed by atoms with E-state index in [9.17, 15) is 21.6 Å². The zero-order valence-corrected chi connectivity index (χ0v) is 24.9. The van der Waals surface area contributed by atoms with E-state index in [1.54, 1.807) is 12.1 Å². The molecule has 0 spiro atoms. The van der Waals surface area contributed by atoms with E-state index in [4.69, 9.17) is 46.4 Å². The van der Waals surface area contributed by atoms with E-state index in [2.05, 4.69) is 10.0 Å². The van der Waals surface area contributed by atoms with E-state index in [1.807, 2.05) is 0 Å². The fourth-order valence-electron chi connectivity index (χ4n) is 4.13. The summed E-state index contributed by atoms with van der Waals surface area (Å²) in [5.41, 5.74) is 1.08. The van der Waals surface area contributed by atoms with Crippen LogP contribution in [0.2, 0.25) is 20.1 Å². The topological polar surface area (TPSA) is 113 Å². The first-order chi connectivity index (χ1) is 18.3. The predicted molar refractivity (Wildman–Crippen MR) is 156 cm³/mol. The molecule has 3 aromatic rings. The van der Waals surface area contributed by atoms with Gasteiger partial charge in [0.05, 0.1) is 32.3 Å². The SMILES string of the molecule is O=C(Nc1ccc(S(=O)(=O)Nc2cc(Cl)cc(Cl)c2)cc1)C1CCCN(S(=O)(=O)Cc2ccc(Cl)c(Cl)c2)C1. The Bertz CT molecular complexity index is 1580. The number of hydrogen-bond donors (Lipinski definition) is 2. The number of amides is 1. The second-order valence-electron chi connectivity index (χ2n) is 8.98. The van der Waals surface area contributed by atoms with Crippen molar-refractivity contribution in [1.82, 2.24) is 4.31 Å². The maximum Gasteiger partial charge on any atom is 0.261 e. The van der Waals surface area contributed by atoms with Crippen molar-refractivity contribution in [3.8, 4) is 0 Å². The molecule has 39 heavy (non-hydrogen) atoms. The number of sulfonamides is 2. The number of anilines is 2. The van der Waals surface area contributed by atoms with E-state index in [-0.39, 0.29) is 43.9 Å². The molecule has 0 aliphatic carbocycles. The number of carbonyl (C=O) groups excluding carboxylic acids is 1. The highest BCUT2D eigenvalue weighted by Crippen LogP contribution is 2.28. The van der Waals surface area contributed by atoms with Gasteiger partial charge >= 0.3 is 0 Å². The molecule has 1 fully saturated rings. The minimum atomic E-state index is -3.94. The van der Waals surface area contributed by atoms with Crippen LogP contribution in [-0.2, 0) is 30.6 Å². The molecule has 8 nitrogen and oxygen atoms in total. The molecule has 1 unspecified atom stereocenters. The Morgan fingerprint density at radius 2 is 1.51 bits per heavy atom. The molecule has 1 heterocycles. The molecule has 1 saturated heterocycles. The average Bonchev–Trinajstić information content (AvgIpc) is 2.85. The highest BCUT2D eigenvalue weighted by molar-refractivity contribution is 7.92. The predicted octanol–water partition coefficient (Wildman–Crippen LogP) is 6.28. The lowest BCUT2D eigenvalue weighted by Gasteiger charge is -2.31. The van der Waals surface area contributed by atoms with Gasteiger partial charge in [-0.15, -0.1) is 0 Å². The lowest BCUT2D eigenvalue weighted by atomic mass is 9.99. The van der Waals surface area contributed by atoms with Crippen molar-refractivity contribution in [2.75, 3.05) is 23.1 Å². The zero-order chi connectivity index (χ0) is 28.4. The summed E-state index contributed by atoms with van der Waals surface area (Å²) in [6.07, 6.45) is 1.04. The Morgan fingerprint density at radius 3 is 2.15 bits per heavy atom. The number of benzene rings is 3. The third kappa shape index (κ3) is 7.79. The molecule has 2 N–H and O–H groups in total. The molecular weight excluding hydrogens is 628 g/mol. The number of piperidine rings is 1. The maximum absolute atomic E-state index is 13.0. The second-order valence-corrected chi connectivity index (χ2v) is 14.3. The number of hydrogen-bond acceptors (Lipinski definition) is 5. The summed E-state index contributed by atoms with van der Waals surface area (Å²) in [5, 5.41) is 3.91. The van der Waals surface area contributed by atoms with Gasteiger partial charge in [0, 0.05) is 28.8 Å². The Kier molecular flexibility index (Phi) is 9.37. The number of nitrogens with zero attached hydrogens (tertiary/aromatic N) is 1. The van der Waals surface area contributed by atoms with Crippen LogP contribution in [0.4, 0.5) is 11.4 Å². The number of halogens is 4. The van der Waals surface area contributed by atoms with Gasteiger partial charge in [-0.05, 0) is 73.0 Å². The molecule has 0 saturated carbocycles. The van der Waals surface area contributed by atoms with Gasteiger partial charge in [-0.3, -0.25) is 9.52 Å². The van der Waals surface area contributed by atoms with Crippen LogP contribution in [0, 0.1) is 5.92 Å². The van der Waals surface area contributed by atoms with Crippen LogP contribution in [0.15, 0.2) is 65.6 Å². The smallest absolute Gasteiger partial charge is 0.261 e. The lowest BCUT2D eigenvalue weighted by molar-refractivity contribution is -0.120. The minimum Gasteiger partial charge on any atom is -0.326 e. The van der Waals surface area contributed by atoms with Gasteiger partial charge in [0.1, 0.15) is 0 Å². The largest absolute Gasteiger partial charge is 0.326 e. The van der Waals surface area contributed by atoms with Crippen LogP contribution in [0.1, 0.15) is 18.4 Å². The fourth-order valence-corrected chi connectivity index (χ4v) is 7.61. The van der Waals surface area contributed by atoms with E-state index in [0.717, 1.165) is 0 Å². The number of nitrogens with one attached hydrogen (secondary N) is 2. The van der Waals surface area contributed by atoms with Gasteiger partial charge in [-0.25, -0.2) is 21.1 Å². The lowest BCUT2D eigenvalue weighted by Crippen LogP contribution is -2.44. The molecule has 14 heteroatoms. The summed E-state index contributed by atoms with van der Waals surface area (Å²) in [6, 6.07) is 14.6. The Labute approximate surface area is 247 Å². The molecular formula is C25H23Cl4N3O5S2. The van der Waals surface area contributed by atoms with E-state index < -0.39 is 26.0 Å². The first-order valence-corrected chi connectivity index (χ1v) is 16.2. The molecule has 1 atom stereocenters. The van der Waals surface area contributed by atoms with Crippen LogP contribution in [0.3, 0.4) is 0 Å². The Balaban J connectivity index is 1.39. The number of rotatable bonds is 8. The molecule has 0 bridgehead atoms. The summed E-state index contributed by atoms with van der Waals surface area (Å²) < 4.78 is 55.2. The van der Waals surface area contributed by atoms with Crippen LogP contribution >= 0.6 is 46.4 Å². The van der Waals surface area contributed by atoms with Crippen LogP contribution in [0.5, 0.6) is 0 Å². The molecule has 1 aliphatic heterocycles. The summed E-state index contributed by atoms with van der Waals surface area (Å²) >= 11 is 23.8. The molecule has 1 amide bonds. The first-order valence-electron chi connectivity index (χ1n) is 11.6. The minimum absolute atomic E-state index is 0.0335. The van der Waals surface area contributed by atoms with E-state index in [0.29, 0.717) is 35.7 Å². The quantitative estimate of drug-likeness (QED) is 0.298. The Hall–Kier alpha value is -2.05. The Morgan fingerprint density at radius 1 is 0.846 bits per heavy atom. The van der Waals surface area contributed by atoms with Gasteiger partial charge in [-0.1, -0.05) is 52.5 Å². The third-order valence-corrected chi connectivity index (χ3v) is 10.4. The molecule has 0 aromatic heterocycles. The van der Waals surface area contributed by atoms with Crippen molar-refractivity contribution in [2.45, 2.75) is 23.5 Å². The van der Waals surface area contributed by atoms with Gasteiger partial charge in [0.15, 0.2) is 0 Å². The van der Waals surface area contributed by atoms with E-state index in [1.165, 1.54) is 52.8 Å². The van der Waals surface area contributed by atoms with Crippen LogP contribution in [0.25, 0.3) is 0 Å². The van der Waals surface area contributed by atoms with Crippen molar-refractivity contribution in [3.05, 3.63) is 86.3 Å². The van der Waals surface area contributed by atoms with Crippen molar-refractivity contribution >= 4 is 83.7 Å². The average molecular weight is 651 g/mol. The summed E-state index contributed by atoms with van der Waals surface area (Å²) in [5.74, 6) is -1.18. The highest BCUT2D eigenvalue weighted by atomic mass is 35.5. The van der Waals surface area contributed by atoms with E-state index >= 15 is 0 Å². The third-order valence-electron chi connectivity index (χ3n) is 6.03. The van der Waals surface area contributed by atoms with Gasteiger partial charge in [-0.2, -0.15) is 0 Å². The van der Waals surface area contributed by atoms with Gasteiger partial charge in [0.25, 0.3) is 10.0 Å². The normalized spacial score (nSPS) is 16.6. The second kappa shape index (κ2) is 12.2. The maximum atomic E-state index is 13.0. The standard InChI is InChI=1S/C25H23Cl4N3O5S2/c26-18-11-19(27)13-21(12-18)31-39(36,37)22-6-4-20(5-7-22)30-25(33)17-2-1-9-32(14-17)38(34,35)15-16-3-8-23(28)24(29)10-16/h3-8,10-13,17,31H,1-2,9,14-15H2,(H,30,33). The van der Waals surface area contributed by atoms with Crippen LogP contribution in [-0.4, -0.2) is 40.1 Å². The molecule has 4 rings (SSSR count). The number of carbonyl (C=O) groups is 1. The van der Waals surface area contributed by atoms with Crippen molar-refractivity contribution in [1.29, 1.82) is 0 Å². The summed E-state index contributed by atoms with van der Waals surface area (Å²) in [4.78, 5) is 12.9. The fraction of sp³-hybridized carbons (Fsp3) is 0.240. The molecule has 1 aliphatic rings. The summed E-state index contributed by atoms with van der Waals surface area (Å²) in [7, 11) is -7.63. The van der Waals surface area contributed by atoms with Crippen molar-refractivity contribution < 1.29 is 21.6 Å². The molecule has 0 radical (unpaired) electrons. The van der Waals surface area contributed by atoms with Gasteiger partial charge in [0.2, 0.25) is 15.9 Å². The molecule has 208 valence electrons. The zero-order valence-electron chi connectivity index (χ0n) is 20.2. The van der Waals surface area contributed by atoms with Crippen LogP contribution < -0.4 is 10.0 Å². The first kappa shape index (κ1) is 29.9. The van der Waals surface area contributed by atoms with Crippen molar-refractivity contribution in [2.24, 2.45) is 5.92 Å². The van der Waals surface area contributed by atoms with Gasteiger partial charge < -0.3 is 5.32 Å². The monoisotopic (exact) mass is 649 g/mol. The summed E-state index contributed by atoms with van der Waals surface area (Å²) in [6.45, 7) is 0.346. The van der Waals surface area contributed by atoms with Crippen molar-refractivity contribution in [3.63, 3.8) is 0 Å².